The molecule has 10 heteroatoms. The Hall–Kier alpha value is -2.75. The molecule has 2 aromatic heterocycles. The molecule has 0 aliphatic rings. The Balaban J connectivity index is 2.11. The summed E-state index contributed by atoms with van der Waals surface area (Å²) in [4.78, 5) is 32.2. The number of anilines is 1. The summed E-state index contributed by atoms with van der Waals surface area (Å²) in [6, 6.07) is 2.27. The molecule has 0 radical (unpaired) electrons. The molecule has 0 atom stereocenters. The highest BCUT2D eigenvalue weighted by Gasteiger charge is 2.16. The number of carbonyl (C=O) groups is 2. The fourth-order valence-corrected chi connectivity index (χ4v) is 1.93. The maximum atomic E-state index is 11.7. The molecular formula is C9H6N4O5S. The van der Waals surface area contributed by atoms with Gasteiger partial charge in [0.25, 0.3) is 5.91 Å². The van der Waals surface area contributed by atoms with Crippen LogP contribution in [-0.4, -0.2) is 32.1 Å². The minimum atomic E-state index is -1.21. The first kappa shape index (κ1) is 12.7. The Morgan fingerprint density at radius 3 is 2.74 bits per heavy atom. The van der Waals surface area contributed by atoms with Crippen molar-refractivity contribution < 1.29 is 19.6 Å². The molecule has 0 aliphatic carbocycles. The van der Waals surface area contributed by atoms with Crippen molar-refractivity contribution >= 4 is 34.0 Å². The van der Waals surface area contributed by atoms with Crippen molar-refractivity contribution in [2.24, 2.45) is 0 Å². The number of thiophene rings is 1. The Morgan fingerprint density at radius 1 is 1.47 bits per heavy atom. The third-order valence-corrected chi connectivity index (χ3v) is 2.96. The summed E-state index contributed by atoms with van der Waals surface area (Å²) in [6.07, 6.45) is 0. The van der Waals surface area contributed by atoms with Gasteiger partial charge in [0.1, 0.15) is 5.69 Å². The molecule has 2 heterocycles. The zero-order valence-electron chi connectivity index (χ0n) is 9.11. The van der Waals surface area contributed by atoms with Gasteiger partial charge in [-0.2, -0.15) is 5.10 Å². The lowest BCUT2D eigenvalue weighted by Crippen LogP contribution is -2.11. The molecular weight excluding hydrogens is 276 g/mol. The van der Waals surface area contributed by atoms with Gasteiger partial charge in [-0.05, 0) is 0 Å². The number of aromatic nitrogens is 2. The number of nitro groups is 1. The number of rotatable bonds is 4. The number of nitrogens with one attached hydrogen (secondary N) is 2. The Bertz CT molecular complexity index is 661. The van der Waals surface area contributed by atoms with Crippen LogP contribution in [0.2, 0.25) is 0 Å². The molecule has 1 amide bonds. The van der Waals surface area contributed by atoms with E-state index in [4.69, 9.17) is 5.11 Å². The number of hydrogen-bond acceptors (Lipinski definition) is 6. The van der Waals surface area contributed by atoms with Gasteiger partial charge >= 0.3 is 11.0 Å². The van der Waals surface area contributed by atoms with Crippen molar-refractivity contribution in [3.8, 4) is 0 Å². The lowest BCUT2D eigenvalue weighted by Gasteiger charge is -1.97. The predicted octanol–water partition coefficient (Wildman–Crippen LogP) is 1.33. The Kier molecular flexibility index (Phi) is 3.25. The van der Waals surface area contributed by atoms with E-state index in [-0.39, 0.29) is 22.1 Å². The second kappa shape index (κ2) is 4.86. The summed E-state index contributed by atoms with van der Waals surface area (Å²) in [5.41, 5.74) is -0.0665. The molecule has 0 aliphatic heterocycles. The minimum absolute atomic E-state index is 0.0243. The maximum Gasteiger partial charge on any atom is 0.353 e. The fraction of sp³-hybridized carbons (Fsp3) is 0. The largest absolute Gasteiger partial charge is 0.477 e. The highest BCUT2D eigenvalue weighted by Crippen LogP contribution is 2.23. The third-order valence-electron chi connectivity index (χ3n) is 2.08. The normalized spacial score (nSPS) is 10.1. The molecule has 0 unspecified atom stereocenters. The van der Waals surface area contributed by atoms with Crippen molar-refractivity contribution in [1.82, 2.24) is 10.2 Å². The number of carbonyl (C=O) groups excluding carboxylic acids is 1. The molecule has 98 valence electrons. The quantitative estimate of drug-likeness (QED) is 0.571. The number of hydrogen-bond donors (Lipinski definition) is 3. The lowest BCUT2D eigenvalue weighted by atomic mass is 10.3. The Labute approximate surface area is 109 Å². The fourth-order valence-electron chi connectivity index (χ4n) is 1.22. The van der Waals surface area contributed by atoms with Gasteiger partial charge in [-0.1, -0.05) is 11.3 Å². The average Bonchev–Trinajstić information content (AvgIpc) is 2.96. The van der Waals surface area contributed by atoms with Gasteiger partial charge in [0.15, 0.2) is 5.82 Å². The van der Waals surface area contributed by atoms with Crippen LogP contribution in [0.4, 0.5) is 10.8 Å². The van der Waals surface area contributed by atoms with E-state index in [1.54, 1.807) is 0 Å². The highest BCUT2D eigenvalue weighted by atomic mass is 32.1. The Morgan fingerprint density at radius 2 is 2.21 bits per heavy atom. The lowest BCUT2D eigenvalue weighted by molar-refractivity contribution is -0.380. The van der Waals surface area contributed by atoms with Crippen LogP contribution in [0.25, 0.3) is 0 Å². The van der Waals surface area contributed by atoms with Crippen LogP contribution in [0, 0.1) is 10.1 Å². The van der Waals surface area contributed by atoms with Crippen molar-refractivity contribution in [2.75, 3.05) is 5.32 Å². The van der Waals surface area contributed by atoms with Crippen LogP contribution in [-0.2, 0) is 0 Å². The first-order chi connectivity index (χ1) is 8.97. The maximum absolute atomic E-state index is 11.7. The first-order valence-electron chi connectivity index (χ1n) is 4.80. The molecule has 0 aromatic carbocycles. The van der Waals surface area contributed by atoms with Crippen LogP contribution in [0.5, 0.6) is 0 Å². The van der Waals surface area contributed by atoms with E-state index >= 15 is 0 Å². The van der Waals surface area contributed by atoms with Crippen molar-refractivity contribution in [3.05, 3.63) is 38.9 Å². The average molecular weight is 282 g/mol. The van der Waals surface area contributed by atoms with Gasteiger partial charge in [0, 0.05) is 17.5 Å². The van der Waals surface area contributed by atoms with Gasteiger partial charge in [-0.3, -0.25) is 20.0 Å². The van der Waals surface area contributed by atoms with E-state index in [2.05, 4.69) is 15.5 Å². The SMILES string of the molecule is O=C(Nc1cc(C(=O)O)[nH]n1)c1csc([N+](=O)[O-])c1. The summed E-state index contributed by atoms with van der Waals surface area (Å²) in [6.45, 7) is 0. The standard InChI is InChI=1S/C9H6N4O5S/c14-8(4-1-7(13(17)18)19-3-4)10-6-2-5(9(15)16)11-12-6/h1-3H,(H,15,16)(H2,10,11,12,14). The zero-order chi connectivity index (χ0) is 14.0. The van der Waals surface area contributed by atoms with Gasteiger partial charge in [-0.15, -0.1) is 0 Å². The molecule has 9 nitrogen and oxygen atoms in total. The molecule has 3 N–H and O–H groups in total. The summed E-state index contributed by atoms with van der Waals surface area (Å²) >= 11 is 0.824. The number of carboxylic acids is 1. The summed E-state index contributed by atoms with van der Waals surface area (Å²) in [7, 11) is 0. The van der Waals surface area contributed by atoms with Gasteiger partial charge in [0.2, 0.25) is 0 Å². The van der Waals surface area contributed by atoms with Gasteiger partial charge < -0.3 is 10.4 Å². The van der Waals surface area contributed by atoms with E-state index < -0.39 is 16.8 Å². The monoisotopic (exact) mass is 282 g/mol. The van der Waals surface area contributed by atoms with Gasteiger partial charge in [-0.25, -0.2) is 4.79 Å². The second-order valence-corrected chi connectivity index (χ2v) is 4.25. The molecule has 0 saturated heterocycles. The number of nitrogens with zero attached hydrogens (tertiary/aromatic N) is 2. The van der Waals surface area contributed by atoms with E-state index in [0.29, 0.717) is 0 Å². The number of aromatic carboxylic acids is 1. The van der Waals surface area contributed by atoms with Crippen LogP contribution in [0.3, 0.4) is 0 Å². The minimum Gasteiger partial charge on any atom is -0.477 e. The molecule has 0 bridgehead atoms. The summed E-state index contributed by atoms with van der Waals surface area (Å²) < 4.78 is 0. The van der Waals surface area contributed by atoms with Crippen LogP contribution in [0.1, 0.15) is 20.8 Å². The van der Waals surface area contributed by atoms with Crippen molar-refractivity contribution in [3.63, 3.8) is 0 Å². The number of carboxylic acid groups (broad SMARTS) is 1. The van der Waals surface area contributed by atoms with E-state index in [9.17, 15) is 19.7 Å². The number of H-pyrrole nitrogens is 1. The molecule has 2 aromatic rings. The number of aromatic amines is 1. The molecule has 0 saturated carbocycles. The second-order valence-electron chi connectivity index (χ2n) is 3.36. The summed E-state index contributed by atoms with van der Waals surface area (Å²) in [5.74, 6) is -1.79. The summed E-state index contributed by atoms with van der Waals surface area (Å²) in [5, 5.41) is 28.4. The van der Waals surface area contributed by atoms with Crippen LogP contribution < -0.4 is 5.32 Å². The van der Waals surface area contributed by atoms with Gasteiger partial charge in [0.05, 0.1) is 10.5 Å². The van der Waals surface area contributed by atoms with Crippen LogP contribution in [0.15, 0.2) is 17.5 Å². The molecule has 19 heavy (non-hydrogen) atoms. The van der Waals surface area contributed by atoms with Crippen molar-refractivity contribution in [1.29, 1.82) is 0 Å². The molecule has 0 fully saturated rings. The van der Waals surface area contributed by atoms with E-state index in [1.807, 2.05) is 0 Å². The van der Waals surface area contributed by atoms with Crippen molar-refractivity contribution in [2.45, 2.75) is 0 Å². The zero-order valence-corrected chi connectivity index (χ0v) is 9.93. The van der Waals surface area contributed by atoms with E-state index in [1.165, 1.54) is 5.38 Å². The van der Waals surface area contributed by atoms with E-state index in [0.717, 1.165) is 23.5 Å². The molecule has 0 spiro atoms. The smallest absolute Gasteiger partial charge is 0.353 e. The third kappa shape index (κ3) is 2.74. The topological polar surface area (TPSA) is 138 Å². The molecule has 2 rings (SSSR count). The highest BCUT2D eigenvalue weighted by molar-refractivity contribution is 7.13. The number of amides is 1. The van der Waals surface area contributed by atoms with Crippen LogP contribution >= 0.6 is 11.3 Å². The first-order valence-corrected chi connectivity index (χ1v) is 5.68. The predicted molar refractivity (Wildman–Crippen MR) is 64.5 cm³/mol.